The number of carbonyl (C=O) groups is 10. The number of likely N-dealkylation sites (tertiary alicyclic amines) is 3. The van der Waals surface area contributed by atoms with Crippen LogP contribution in [0.15, 0.2) is 54.7 Å². The van der Waals surface area contributed by atoms with E-state index in [0.717, 1.165) is 39.1 Å². The molecule has 29 heteroatoms. The van der Waals surface area contributed by atoms with Gasteiger partial charge in [0.15, 0.2) is 0 Å². The summed E-state index contributed by atoms with van der Waals surface area (Å²) < 4.78 is 45.3. The molecule has 4 saturated heterocycles. The quantitative estimate of drug-likeness (QED) is 0.0219. The number of carbonyl (C=O) groups excluding carboxylic acids is 9. The summed E-state index contributed by atoms with van der Waals surface area (Å²) >= 11 is 3.56. The summed E-state index contributed by atoms with van der Waals surface area (Å²) in [7, 11) is 0. The molecule has 4 aliphatic rings. The number of nitrogens with zero attached hydrogens (tertiary/aromatic N) is 8. The number of imide groups is 1. The van der Waals surface area contributed by atoms with Gasteiger partial charge < -0.3 is 45.1 Å². The van der Waals surface area contributed by atoms with Crippen molar-refractivity contribution in [2.75, 3.05) is 131 Å². The number of fused-ring (bicyclic) bond motifs is 1. The summed E-state index contributed by atoms with van der Waals surface area (Å²) in [6, 6.07) is 13.8. The van der Waals surface area contributed by atoms with E-state index >= 15 is 0 Å². The minimum Gasteiger partial charge on any atom is -0.494 e. The molecular weight excluding hydrogens is 1360 g/mol. The van der Waals surface area contributed by atoms with Crippen LogP contribution >= 0.6 is 34.4 Å². The molecule has 0 saturated carbocycles. The van der Waals surface area contributed by atoms with Crippen molar-refractivity contribution in [1.29, 1.82) is 0 Å². The number of halogens is 3. The topological polar surface area (TPSA) is 290 Å². The lowest BCUT2D eigenvalue weighted by atomic mass is 9.92. The van der Waals surface area contributed by atoms with Gasteiger partial charge in [-0.3, -0.25) is 77.4 Å². The zero-order valence-corrected chi connectivity index (χ0v) is 55.9. The molecule has 4 fully saturated rings. The van der Waals surface area contributed by atoms with E-state index in [0.29, 0.717) is 153 Å². The molecule has 3 atom stereocenters. The van der Waals surface area contributed by atoms with Crippen LogP contribution in [-0.2, 0) is 59.0 Å². The molecule has 5 heterocycles. The standard InChI is InChI=1S/C65H86F2IN11O14S/c1-2-50-36-65(66,67)42-79(50)60(85)38-72-63(89)53-18-22-69-55-17-16-51(34-54(53)55)93-33-7-9-48-19-23-77(24-20-48)61(86)40-78-59(84)35-56(64(78)90)94-52(10-4-3-5-21-70-57(82)11-6-8-47-12-14-49(68)15-13-47)37-71-58(83)39-73-25-26-74(41-62(87)88)28-30-76(44-92-46-81)32-31-75(29-27-73)43-91-45-80/h1,12-18,22,34,45-46,48,50,52,56H,3-11,19-21,23-33,35-44H2,(H,70,82)(H,71,83)(H,72,89)(H,87,88)/t50-,52?,56?/m0/s1. The highest BCUT2D eigenvalue weighted by Crippen LogP contribution is 2.33. The Bertz CT molecular complexity index is 3110. The molecule has 2 unspecified atom stereocenters. The number of terminal acetylenes is 1. The van der Waals surface area contributed by atoms with Crippen LogP contribution in [-0.4, -0.2) is 258 Å². The Morgan fingerprint density at radius 1 is 0.787 bits per heavy atom. The molecule has 0 bridgehead atoms. The van der Waals surface area contributed by atoms with Crippen LogP contribution in [0.5, 0.6) is 5.75 Å². The van der Waals surface area contributed by atoms with Crippen molar-refractivity contribution in [3.63, 3.8) is 0 Å². The molecule has 512 valence electrons. The zero-order valence-electron chi connectivity index (χ0n) is 52.9. The number of benzene rings is 2. The van der Waals surface area contributed by atoms with Crippen molar-refractivity contribution in [3.05, 3.63) is 69.4 Å². The molecule has 25 nitrogen and oxygen atoms in total. The molecular formula is C65H86F2IN11O14S. The van der Waals surface area contributed by atoms with Gasteiger partial charge in [-0.05, 0) is 122 Å². The predicted octanol–water partition coefficient (Wildman–Crippen LogP) is 3.45. The highest BCUT2D eigenvalue weighted by molar-refractivity contribution is 14.1. The maximum atomic E-state index is 14.1. The summed E-state index contributed by atoms with van der Waals surface area (Å²) in [5.74, 6) is -4.01. The fraction of sp³-hybridized carbons (Fsp3) is 0.585. The number of aromatic nitrogens is 1. The molecule has 2 aromatic carbocycles. The van der Waals surface area contributed by atoms with Gasteiger partial charge >= 0.3 is 5.97 Å². The molecule has 3 aromatic rings. The molecule has 0 radical (unpaired) electrons. The Morgan fingerprint density at radius 3 is 2.12 bits per heavy atom. The Morgan fingerprint density at radius 2 is 1.46 bits per heavy atom. The highest BCUT2D eigenvalue weighted by atomic mass is 127. The number of pyridine rings is 1. The van der Waals surface area contributed by atoms with Crippen LogP contribution in [0.2, 0.25) is 0 Å². The van der Waals surface area contributed by atoms with Crippen LogP contribution in [0, 0.1) is 21.8 Å². The number of carboxylic acids is 1. The minimum absolute atomic E-state index is 0.00695. The van der Waals surface area contributed by atoms with Gasteiger partial charge in [-0.1, -0.05) is 30.9 Å². The second-order valence-electron chi connectivity index (χ2n) is 24.0. The summed E-state index contributed by atoms with van der Waals surface area (Å²) in [6.07, 6.45) is 13.7. The number of amides is 7. The fourth-order valence-corrected chi connectivity index (χ4v) is 13.6. The summed E-state index contributed by atoms with van der Waals surface area (Å²) in [5.41, 5.74) is 1.90. The molecule has 94 heavy (non-hydrogen) atoms. The van der Waals surface area contributed by atoms with Crippen molar-refractivity contribution in [1.82, 2.24) is 55.2 Å². The van der Waals surface area contributed by atoms with E-state index < -0.39 is 66.3 Å². The molecule has 7 rings (SSSR count). The summed E-state index contributed by atoms with van der Waals surface area (Å²) in [5, 5.41) is 17.7. The maximum Gasteiger partial charge on any atom is 0.317 e. The Kier molecular flexibility index (Phi) is 30.4. The van der Waals surface area contributed by atoms with Crippen molar-refractivity contribution in [2.45, 2.75) is 106 Å². The van der Waals surface area contributed by atoms with E-state index in [1.807, 2.05) is 26.8 Å². The number of rotatable bonds is 34. The Balaban J connectivity index is 0.879. The number of unbranched alkanes of at least 4 members (excludes halogenated alkanes) is 2. The number of ether oxygens (including phenoxy) is 3. The zero-order chi connectivity index (χ0) is 67.4. The number of nitrogens with one attached hydrogen (secondary N) is 3. The van der Waals surface area contributed by atoms with E-state index in [-0.39, 0.29) is 80.5 Å². The van der Waals surface area contributed by atoms with Crippen LogP contribution < -0.4 is 20.7 Å². The third-order valence-electron chi connectivity index (χ3n) is 17.1. The normalized spacial score (nSPS) is 19.1. The van der Waals surface area contributed by atoms with Gasteiger partial charge in [-0.2, -0.15) is 0 Å². The Labute approximate surface area is 564 Å². The predicted molar refractivity (Wildman–Crippen MR) is 353 cm³/mol. The number of alkyl halides is 2. The SMILES string of the molecule is C#C[C@H]1CC(F)(F)CN1C(=O)CNC(=O)c1ccnc2ccc(OCCCC3CCN(C(=O)CN4C(=O)CC(SC(CCCCCNC(=O)CCCc5ccc(I)cc5)CNC(=O)CN5CCN(COC=O)CCN(COC=O)CCN(CC(=O)O)CC5)C4=O)CC3)cc12. The van der Waals surface area contributed by atoms with Gasteiger partial charge in [0, 0.05) is 118 Å². The molecule has 4 aliphatic heterocycles. The van der Waals surface area contributed by atoms with Crippen LogP contribution in [0.4, 0.5) is 8.78 Å². The van der Waals surface area contributed by atoms with Gasteiger partial charge in [-0.25, -0.2) is 8.78 Å². The minimum atomic E-state index is -3.11. The largest absolute Gasteiger partial charge is 0.494 e. The number of piperidine rings is 1. The average molecular weight is 1440 g/mol. The fourth-order valence-electron chi connectivity index (χ4n) is 11.8. The van der Waals surface area contributed by atoms with E-state index in [2.05, 4.69) is 61.6 Å². The number of aliphatic carboxylic acids is 1. The first kappa shape index (κ1) is 74.3. The average Bonchev–Trinajstić information content (AvgIpc) is 1.27. The maximum absolute atomic E-state index is 14.1. The van der Waals surface area contributed by atoms with Crippen LogP contribution in [0.3, 0.4) is 0 Å². The van der Waals surface area contributed by atoms with E-state index in [1.54, 1.807) is 28.0 Å². The first-order valence-electron chi connectivity index (χ1n) is 32.0. The third-order valence-corrected chi connectivity index (χ3v) is 19.3. The molecule has 0 spiro atoms. The van der Waals surface area contributed by atoms with Gasteiger partial charge in [-0.15, -0.1) is 18.2 Å². The van der Waals surface area contributed by atoms with Crippen molar-refractivity contribution in [2.24, 2.45) is 5.92 Å². The second-order valence-corrected chi connectivity index (χ2v) is 26.8. The van der Waals surface area contributed by atoms with E-state index in [1.165, 1.54) is 29.6 Å². The number of hydrogen-bond acceptors (Lipinski definition) is 19. The van der Waals surface area contributed by atoms with E-state index in [9.17, 15) is 61.8 Å². The van der Waals surface area contributed by atoms with Crippen molar-refractivity contribution < 1.29 is 76.0 Å². The van der Waals surface area contributed by atoms with Gasteiger partial charge in [0.2, 0.25) is 35.4 Å². The molecule has 7 amide bonds. The second kappa shape index (κ2) is 38.4. The lowest BCUT2D eigenvalue weighted by molar-refractivity contribution is -0.146. The van der Waals surface area contributed by atoms with Gasteiger partial charge in [0.05, 0.1) is 55.2 Å². The first-order chi connectivity index (χ1) is 45.3. The van der Waals surface area contributed by atoms with Crippen LogP contribution in [0.1, 0.15) is 93.0 Å². The van der Waals surface area contributed by atoms with Crippen molar-refractivity contribution >= 4 is 106 Å². The summed E-state index contributed by atoms with van der Waals surface area (Å²) in [4.78, 5) is 144. The van der Waals surface area contributed by atoms with Gasteiger partial charge in [0.1, 0.15) is 25.8 Å². The number of thioether (sulfide) groups is 1. The monoisotopic (exact) mass is 1440 g/mol. The van der Waals surface area contributed by atoms with Crippen LogP contribution in [0.25, 0.3) is 10.9 Å². The first-order valence-corrected chi connectivity index (χ1v) is 34.0. The number of hydrogen-bond donors (Lipinski definition) is 4. The lowest BCUT2D eigenvalue weighted by Gasteiger charge is -2.33. The molecule has 4 N–H and O–H groups in total. The smallest absolute Gasteiger partial charge is 0.317 e. The van der Waals surface area contributed by atoms with Crippen molar-refractivity contribution in [3.8, 4) is 18.1 Å². The molecule has 0 aliphatic carbocycles. The highest BCUT2D eigenvalue weighted by Gasteiger charge is 2.46. The lowest BCUT2D eigenvalue weighted by Crippen LogP contribution is -2.49. The number of carboxylic acid groups (broad SMARTS) is 1. The third kappa shape index (κ3) is 24.6. The number of aryl methyl sites for hydroxylation is 1. The Hall–Kier alpha value is -7.11. The van der Waals surface area contributed by atoms with E-state index in [4.69, 9.17) is 20.6 Å². The van der Waals surface area contributed by atoms with Gasteiger partial charge in [0.25, 0.3) is 24.8 Å². The summed E-state index contributed by atoms with van der Waals surface area (Å²) in [6.45, 7) is 3.45. The molecule has 1 aromatic heterocycles.